The van der Waals surface area contributed by atoms with Crippen molar-refractivity contribution in [1.82, 2.24) is 4.98 Å². The molecule has 0 aliphatic carbocycles. The molecule has 0 fully saturated rings. The van der Waals surface area contributed by atoms with Crippen LogP contribution in [-0.2, 0) is 0 Å². The summed E-state index contributed by atoms with van der Waals surface area (Å²) >= 11 is 5.55. The first kappa shape index (κ1) is 13.6. The Bertz CT molecular complexity index is 423. The SMILES string of the molecule is O=C(O)c1cc(NCCC(F)(F)F)ncc1Cl. The van der Waals surface area contributed by atoms with E-state index in [4.69, 9.17) is 16.7 Å². The fourth-order valence-electron chi connectivity index (χ4n) is 1.03. The van der Waals surface area contributed by atoms with Crippen LogP contribution in [0.4, 0.5) is 19.0 Å². The van der Waals surface area contributed by atoms with Gasteiger partial charge in [0, 0.05) is 12.7 Å². The first-order chi connectivity index (χ1) is 7.79. The number of rotatable bonds is 4. The average molecular weight is 269 g/mol. The van der Waals surface area contributed by atoms with Gasteiger partial charge in [0.15, 0.2) is 0 Å². The standard InChI is InChI=1S/C9H8ClF3N2O2/c10-6-4-15-7(3-5(6)8(16)17)14-2-1-9(11,12)13/h3-4H,1-2H2,(H,14,15)(H,16,17). The second kappa shape index (κ2) is 5.22. The number of nitrogens with one attached hydrogen (secondary N) is 1. The van der Waals surface area contributed by atoms with E-state index < -0.39 is 18.6 Å². The second-order valence-corrected chi connectivity index (χ2v) is 3.55. The van der Waals surface area contributed by atoms with Gasteiger partial charge in [-0.05, 0) is 6.07 Å². The molecule has 0 saturated carbocycles. The van der Waals surface area contributed by atoms with Gasteiger partial charge in [-0.3, -0.25) is 0 Å². The van der Waals surface area contributed by atoms with E-state index in [1.165, 1.54) is 0 Å². The Morgan fingerprint density at radius 1 is 1.53 bits per heavy atom. The number of halogens is 4. The molecular weight excluding hydrogens is 261 g/mol. The highest BCUT2D eigenvalue weighted by atomic mass is 35.5. The van der Waals surface area contributed by atoms with Crippen LogP contribution in [0.2, 0.25) is 5.02 Å². The lowest BCUT2D eigenvalue weighted by Crippen LogP contribution is -2.15. The average Bonchev–Trinajstić information content (AvgIpc) is 2.18. The molecular formula is C9H8ClF3N2O2. The van der Waals surface area contributed by atoms with E-state index in [1.807, 2.05) is 0 Å². The molecule has 0 unspecified atom stereocenters. The Morgan fingerprint density at radius 2 is 2.18 bits per heavy atom. The molecule has 2 N–H and O–H groups in total. The fourth-order valence-corrected chi connectivity index (χ4v) is 1.22. The van der Waals surface area contributed by atoms with Gasteiger partial charge in [0.25, 0.3) is 0 Å². The van der Waals surface area contributed by atoms with Crippen LogP contribution in [0.25, 0.3) is 0 Å². The van der Waals surface area contributed by atoms with Crippen molar-refractivity contribution >= 4 is 23.4 Å². The minimum atomic E-state index is -4.27. The topological polar surface area (TPSA) is 62.2 Å². The number of aromatic nitrogens is 1. The van der Waals surface area contributed by atoms with E-state index in [0.29, 0.717) is 0 Å². The van der Waals surface area contributed by atoms with Crippen molar-refractivity contribution in [3.63, 3.8) is 0 Å². The normalized spacial score (nSPS) is 11.3. The van der Waals surface area contributed by atoms with Crippen LogP contribution in [-0.4, -0.2) is 28.8 Å². The van der Waals surface area contributed by atoms with Gasteiger partial charge in [0.05, 0.1) is 17.0 Å². The summed E-state index contributed by atoms with van der Waals surface area (Å²) in [6, 6.07) is 1.08. The third kappa shape index (κ3) is 4.48. The zero-order valence-corrected chi connectivity index (χ0v) is 9.14. The number of alkyl halides is 3. The number of carboxylic acids is 1. The molecule has 1 aromatic heterocycles. The number of anilines is 1. The summed E-state index contributed by atoms with van der Waals surface area (Å²) < 4.78 is 35.6. The van der Waals surface area contributed by atoms with E-state index in [0.717, 1.165) is 12.3 Å². The number of carboxylic acid groups (broad SMARTS) is 1. The summed E-state index contributed by atoms with van der Waals surface area (Å²) in [5, 5.41) is 11.0. The zero-order chi connectivity index (χ0) is 13.1. The lowest BCUT2D eigenvalue weighted by atomic mass is 10.2. The molecule has 8 heteroatoms. The molecule has 1 rings (SSSR count). The van der Waals surface area contributed by atoms with Crippen LogP contribution in [0.5, 0.6) is 0 Å². The lowest BCUT2D eigenvalue weighted by molar-refractivity contribution is -0.131. The predicted octanol–water partition coefficient (Wildman–Crippen LogP) is 2.80. The summed E-state index contributed by atoms with van der Waals surface area (Å²) in [5.41, 5.74) is -0.212. The van der Waals surface area contributed by atoms with Gasteiger partial charge < -0.3 is 10.4 Å². The molecule has 17 heavy (non-hydrogen) atoms. The summed E-state index contributed by atoms with van der Waals surface area (Å²) in [5.74, 6) is -1.23. The summed E-state index contributed by atoms with van der Waals surface area (Å²) in [7, 11) is 0. The van der Waals surface area contributed by atoms with Gasteiger partial charge in [-0.1, -0.05) is 11.6 Å². The Hall–Kier alpha value is -1.50. The number of hydrogen-bond acceptors (Lipinski definition) is 3. The summed E-state index contributed by atoms with van der Waals surface area (Å²) in [6.45, 7) is -0.378. The maximum Gasteiger partial charge on any atom is 0.390 e. The smallest absolute Gasteiger partial charge is 0.390 e. The highest BCUT2D eigenvalue weighted by Crippen LogP contribution is 2.21. The molecule has 94 valence electrons. The molecule has 0 amide bonds. The second-order valence-electron chi connectivity index (χ2n) is 3.15. The summed E-state index contributed by atoms with van der Waals surface area (Å²) in [4.78, 5) is 14.4. The van der Waals surface area contributed by atoms with Crippen molar-refractivity contribution in [2.45, 2.75) is 12.6 Å². The monoisotopic (exact) mass is 268 g/mol. The van der Waals surface area contributed by atoms with Crippen molar-refractivity contribution < 1.29 is 23.1 Å². The van der Waals surface area contributed by atoms with Crippen LogP contribution in [0.1, 0.15) is 16.8 Å². The minimum Gasteiger partial charge on any atom is -0.478 e. The quantitative estimate of drug-likeness (QED) is 0.881. The maximum absolute atomic E-state index is 11.9. The van der Waals surface area contributed by atoms with E-state index in [-0.39, 0.29) is 22.9 Å². The van der Waals surface area contributed by atoms with Crippen LogP contribution in [0, 0.1) is 0 Å². The third-order valence-corrected chi connectivity index (χ3v) is 2.10. The van der Waals surface area contributed by atoms with Crippen molar-refractivity contribution in [2.75, 3.05) is 11.9 Å². The Kier molecular flexibility index (Phi) is 4.17. The van der Waals surface area contributed by atoms with Gasteiger partial charge in [-0.25, -0.2) is 9.78 Å². The summed E-state index contributed by atoms with van der Waals surface area (Å²) in [6.07, 6.45) is -4.23. The van der Waals surface area contributed by atoms with Gasteiger partial charge in [0.2, 0.25) is 0 Å². The molecule has 1 heterocycles. The minimum absolute atomic E-state index is 0.0380. The van der Waals surface area contributed by atoms with Gasteiger partial charge in [0.1, 0.15) is 5.82 Å². The molecule has 0 bridgehead atoms. The van der Waals surface area contributed by atoms with Gasteiger partial charge >= 0.3 is 12.1 Å². The molecule has 0 saturated heterocycles. The molecule has 0 radical (unpaired) electrons. The number of aromatic carboxylic acids is 1. The molecule has 4 nitrogen and oxygen atoms in total. The Morgan fingerprint density at radius 3 is 2.71 bits per heavy atom. The maximum atomic E-state index is 11.9. The molecule has 0 spiro atoms. The number of carbonyl (C=O) groups is 1. The Labute approximate surface area is 99.4 Å². The molecule has 0 aliphatic heterocycles. The highest BCUT2D eigenvalue weighted by Gasteiger charge is 2.26. The van der Waals surface area contributed by atoms with E-state index >= 15 is 0 Å². The van der Waals surface area contributed by atoms with E-state index in [2.05, 4.69) is 10.3 Å². The van der Waals surface area contributed by atoms with Crippen LogP contribution in [0.15, 0.2) is 12.3 Å². The van der Waals surface area contributed by atoms with Crippen LogP contribution in [0.3, 0.4) is 0 Å². The van der Waals surface area contributed by atoms with Crippen molar-refractivity contribution in [1.29, 1.82) is 0 Å². The van der Waals surface area contributed by atoms with Crippen LogP contribution < -0.4 is 5.32 Å². The molecule has 0 aromatic carbocycles. The van der Waals surface area contributed by atoms with E-state index in [9.17, 15) is 18.0 Å². The molecule has 0 atom stereocenters. The van der Waals surface area contributed by atoms with Gasteiger partial charge in [-0.15, -0.1) is 0 Å². The first-order valence-corrected chi connectivity index (χ1v) is 4.87. The van der Waals surface area contributed by atoms with Crippen molar-refractivity contribution in [3.8, 4) is 0 Å². The van der Waals surface area contributed by atoms with E-state index in [1.54, 1.807) is 0 Å². The highest BCUT2D eigenvalue weighted by molar-refractivity contribution is 6.33. The predicted molar refractivity (Wildman–Crippen MR) is 55.4 cm³/mol. The molecule has 0 aliphatic rings. The van der Waals surface area contributed by atoms with Crippen molar-refractivity contribution in [3.05, 3.63) is 22.8 Å². The number of pyridine rings is 1. The Balaban J connectivity index is 2.67. The fraction of sp³-hybridized carbons (Fsp3) is 0.333. The zero-order valence-electron chi connectivity index (χ0n) is 8.38. The lowest BCUT2D eigenvalue weighted by Gasteiger charge is -2.09. The van der Waals surface area contributed by atoms with Crippen LogP contribution >= 0.6 is 11.6 Å². The first-order valence-electron chi connectivity index (χ1n) is 4.49. The molecule has 1 aromatic rings. The number of nitrogens with zero attached hydrogens (tertiary/aromatic N) is 1. The third-order valence-electron chi connectivity index (χ3n) is 1.80. The van der Waals surface area contributed by atoms with Gasteiger partial charge in [-0.2, -0.15) is 13.2 Å². The largest absolute Gasteiger partial charge is 0.478 e. The number of hydrogen-bond donors (Lipinski definition) is 2. The van der Waals surface area contributed by atoms with Crippen molar-refractivity contribution in [2.24, 2.45) is 0 Å².